The first kappa shape index (κ1) is 15.3. The second-order valence-corrected chi connectivity index (χ2v) is 7.15. The minimum absolute atomic E-state index is 0.385. The van der Waals surface area contributed by atoms with Gasteiger partial charge in [0, 0.05) is 32.2 Å². The van der Waals surface area contributed by atoms with Crippen molar-refractivity contribution in [3.63, 3.8) is 0 Å². The van der Waals surface area contributed by atoms with Crippen LogP contribution in [0.15, 0.2) is 0 Å². The van der Waals surface area contributed by atoms with Crippen molar-refractivity contribution in [1.82, 2.24) is 10.2 Å². The molecule has 1 saturated heterocycles. The van der Waals surface area contributed by atoms with E-state index >= 15 is 0 Å². The summed E-state index contributed by atoms with van der Waals surface area (Å²) in [7, 11) is 0. The van der Waals surface area contributed by atoms with Gasteiger partial charge in [-0.3, -0.25) is 4.79 Å². The molecule has 2 aliphatic carbocycles. The summed E-state index contributed by atoms with van der Waals surface area (Å²) in [5.41, 5.74) is 0. The van der Waals surface area contributed by atoms with E-state index in [2.05, 4.69) is 10.2 Å². The highest BCUT2D eigenvalue weighted by Crippen LogP contribution is 2.34. The molecule has 0 aromatic heterocycles. The fourth-order valence-corrected chi connectivity index (χ4v) is 3.66. The van der Waals surface area contributed by atoms with Crippen molar-refractivity contribution in [1.29, 1.82) is 0 Å². The summed E-state index contributed by atoms with van der Waals surface area (Å²) in [6.07, 6.45) is 8.44. The summed E-state index contributed by atoms with van der Waals surface area (Å²) < 4.78 is 5.60. The van der Waals surface area contributed by atoms with Gasteiger partial charge in [-0.2, -0.15) is 0 Å². The molecule has 0 aromatic rings. The van der Waals surface area contributed by atoms with Crippen molar-refractivity contribution in [2.75, 3.05) is 26.2 Å². The van der Waals surface area contributed by atoms with E-state index in [1.54, 1.807) is 0 Å². The summed E-state index contributed by atoms with van der Waals surface area (Å²) in [6.45, 7) is 5.89. The van der Waals surface area contributed by atoms with Gasteiger partial charge >= 0.3 is 0 Å². The molecular weight excluding hydrogens is 264 g/mol. The van der Waals surface area contributed by atoms with Crippen LogP contribution in [0.4, 0.5) is 0 Å². The lowest BCUT2D eigenvalue weighted by Gasteiger charge is -2.36. The van der Waals surface area contributed by atoms with Crippen LogP contribution in [0.1, 0.15) is 51.9 Å². The van der Waals surface area contributed by atoms with E-state index in [0.29, 0.717) is 24.0 Å². The maximum absolute atomic E-state index is 12.6. The molecule has 0 aromatic carbocycles. The molecular formula is C17H30N2O2. The van der Waals surface area contributed by atoms with E-state index in [0.717, 1.165) is 51.4 Å². The van der Waals surface area contributed by atoms with Crippen molar-refractivity contribution in [3.05, 3.63) is 0 Å². The molecule has 3 fully saturated rings. The molecule has 1 unspecified atom stereocenters. The van der Waals surface area contributed by atoms with Crippen LogP contribution in [0, 0.1) is 11.8 Å². The standard InChI is InChI=1S/C17H30N2O2/c1-2-21-16-8-14(9-16)10-17(20)19(11-13-5-6-13)12-15-4-3-7-18-15/h13-16,18H,2-12H2,1H3. The van der Waals surface area contributed by atoms with Crippen LogP contribution in [0.25, 0.3) is 0 Å². The van der Waals surface area contributed by atoms with E-state index in [-0.39, 0.29) is 0 Å². The third-order valence-corrected chi connectivity index (χ3v) is 5.19. The third-order valence-electron chi connectivity index (χ3n) is 5.19. The first-order valence-electron chi connectivity index (χ1n) is 8.87. The van der Waals surface area contributed by atoms with E-state index in [4.69, 9.17) is 4.74 Å². The molecule has 4 heteroatoms. The zero-order valence-corrected chi connectivity index (χ0v) is 13.4. The number of rotatable bonds is 8. The zero-order chi connectivity index (χ0) is 14.7. The van der Waals surface area contributed by atoms with Gasteiger partial charge in [0.15, 0.2) is 0 Å². The van der Waals surface area contributed by atoms with Gasteiger partial charge < -0.3 is 15.0 Å². The monoisotopic (exact) mass is 294 g/mol. The number of hydrogen-bond donors (Lipinski definition) is 1. The first-order chi connectivity index (χ1) is 10.2. The minimum atomic E-state index is 0.385. The van der Waals surface area contributed by atoms with Gasteiger partial charge in [-0.05, 0) is 63.8 Å². The van der Waals surface area contributed by atoms with E-state index in [1.165, 1.54) is 25.7 Å². The Hall–Kier alpha value is -0.610. The van der Waals surface area contributed by atoms with Gasteiger partial charge in [0.2, 0.25) is 5.91 Å². The second kappa shape index (κ2) is 7.10. The molecule has 120 valence electrons. The Morgan fingerprint density at radius 3 is 2.62 bits per heavy atom. The lowest BCUT2D eigenvalue weighted by atomic mass is 9.79. The number of hydrogen-bond acceptors (Lipinski definition) is 3. The molecule has 0 radical (unpaired) electrons. The Balaban J connectivity index is 1.44. The molecule has 3 rings (SSSR count). The van der Waals surface area contributed by atoms with E-state index < -0.39 is 0 Å². The SMILES string of the molecule is CCOC1CC(CC(=O)N(CC2CC2)CC2CCCN2)C1. The largest absolute Gasteiger partial charge is 0.378 e. The Bertz CT molecular complexity index is 345. The highest BCUT2D eigenvalue weighted by molar-refractivity contribution is 5.76. The molecule has 1 N–H and O–H groups in total. The Kier molecular flexibility index (Phi) is 5.17. The van der Waals surface area contributed by atoms with Crippen molar-refractivity contribution < 1.29 is 9.53 Å². The molecule has 1 atom stereocenters. The average Bonchev–Trinajstić information content (AvgIpc) is 3.09. The zero-order valence-electron chi connectivity index (χ0n) is 13.4. The van der Waals surface area contributed by atoms with Crippen LogP contribution in [0.2, 0.25) is 0 Å². The fraction of sp³-hybridized carbons (Fsp3) is 0.941. The van der Waals surface area contributed by atoms with Gasteiger partial charge in [-0.15, -0.1) is 0 Å². The van der Waals surface area contributed by atoms with Gasteiger partial charge in [-0.1, -0.05) is 0 Å². The van der Waals surface area contributed by atoms with E-state index in [9.17, 15) is 4.79 Å². The second-order valence-electron chi connectivity index (χ2n) is 7.15. The molecule has 1 amide bonds. The lowest BCUT2D eigenvalue weighted by molar-refractivity contribution is -0.135. The van der Waals surface area contributed by atoms with Crippen molar-refractivity contribution in [2.24, 2.45) is 11.8 Å². The molecule has 1 heterocycles. The van der Waals surface area contributed by atoms with E-state index in [1.807, 2.05) is 6.92 Å². The number of ether oxygens (including phenoxy) is 1. The van der Waals surface area contributed by atoms with Gasteiger partial charge in [0.25, 0.3) is 0 Å². The molecule has 1 aliphatic heterocycles. The van der Waals surface area contributed by atoms with Crippen molar-refractivity contribution >= 4 is 5.91 Å². The summed E-state index contributed by atoms with van der Waals surface area (Å²) in [5, 5.41) is 3.53. The number of nitrogens with zero attached hydrogens (tertiary/aromatic N) is 1. The van der Waals surface area contributed by atoms with Gasteiger partial charge in [-0.25, -0.2) is 0 Å². The molecule has 3 aliphatic rings. The third kappa shape index (κ3) is 4.43. The van der Waals surface area contributed by atoms with Crippen LogP contribution >= 0.6 is 0 Å². The quantitative estimate of drug-likeness (QED) is 0.746. The van der Waals surface area contributed by atoms with Crippen LogP contribution < -0.4 is 5.32 Å². The lowest BCUT2D eigenvalue weighted by Crippen LogP contribution is -2.44. The van der Waals surface area contributed by atoms with Crippen LogP contribution in [0.5, 0.6) is 0 Å². The van der Waals surface area contributed by atoms with Gasteiger partial charge in [0.1, 0.15) is 0 Å². The van der Waals surface area contributed by atoms with Crippen LogP contribution in [-0.2, 0) is 9.53 Å². The molecule has 2 saturated carbocycles. The number of nitrogens with one attached hydrogen (secondary N) is 1. The summed E-state index contributed by atoms with van der Waals surface area (Å²) >= 11 is 0. The van der Waals surface area contributed by atoms with Crippen LogP contribution in [-0.4, -0.2) is 49.2 Å². The Labute approximate surface area is 128 Å². The normalized spacial score (nSPS) is 32.0. The fourth-order valence-electron chi connectivity index (χ4n) is 3.66. The van der Waals surface area contributed by atoms with Crippen LogP contribution in [0.3, 0.4) is 0 Å². The number of carbonyl (C=O) groups excluding carboxylic acids is 1. The topological polar surface area (TPSA) is 41.6 Å². The maximum Gasteiger partial charge on any atom is 0.222 e. The highest BCUT2D eigenvalue weighted by Gasteiger charge is 2.34. The first-order valence-corrected chi connectivity index (χ1v) is 8.87. The average molecular weight is 294 g/mol. The van der Waals surface area contributed by atoms with Crippen molar-refractivity contribution in [2.45, 2.75) is 64.0 Å². The molecule has 4 nitrogen and oxygen atoms in total. The summed E-state index contributed by atoms with van der Waals surface area (Å²) in [5.74, 6) is 1.73. The maximum atomic E-state index is 12.6. The predicted molar refractivity (Wildman–Crippen MR) is 83.1 cm³/mol. The Morgan fingerprint density at radius 2 is 2.00 bits per heavy atom. The highest BCUT2D eigenvalue weighted by atomic mass is 16.5. The summed E-state index contributed by atoms with van der Waals surface area (Å²) in [4.78, 5) is 14.8. The predicted octanol–water partition coefficient (Wildman–Crippen LogP) is 2.18. The molecule has 0 spiro atoms. The number of carbonyl (C=O) groups is 1. The molecule has 21 heavy (non-hydrogen) atoms. The number of amides is 1. The smallest absolute Gasteiger partial charge is 0.222 e. The Morgan fingerprint density at radius 1 is 1.19 bits per heavy atom. The minimum Gasteiger partial charge on any atom is -0.378 e. The van der Waals surface area contributed by atoms with Gasteiger partial charge in [0.05, 0.1) is 6.10 Å². The molecule has 0 bridgehead atoms. The summed E-state index contributed by atoms with van der Waals surface area (Å²) in [6, 6.07) is 0.533. The van der Waals surface area contributed by atoms with Crippen molar-refractivity contribution in [3.8, 4) is 0 Å².